The third-order valence-electron chi connectivity index (χ3n) is 3.79. The lowest BCUT2D eigenvalue weighted by Gasteiger charge is -2.16. The molecule has 2 atom stereocenters. The van der Waals surface area contributed by atoms with E-state index in [1.165, 1.54) is 43.3 Å². The van der Waals surface area contributed by atoms with Crippen molar-refractivity contribution in [1.82, 2.24) is 0 Å². The first-order chi connectivity index (χ1) is 13.2. The number of hydrogen-bond acceptors (Lipinski definition) is 6. The zero-order valence-electron chi connectivity index (χ0n) is 15.5. The van der Waals surface area contributed by atoms with Crippen LogP contribution in [0.25, 0.3) is 0 Å². The highest BCUT2D eigenvalue weighted by atomic mass is 32.2. The second-order valence-electron chi connectivity index (χ2n) is 6.04. The van der Waals surface area contributed by atoms with Gasteiger partial charge < -0.3 is 10.1 Å². The molecule has 0 radical (unpaired) electrons. The quantitative estimate of drug-likeness (QED) is 0.322. The van der Waals surface area contributed by atoms with Crippen molar-refractivity contribution in [2.75, 3.05) is 5.32 Å². The lowest BCUT2D eigenvalue weighted by molar-refractivity contribution is -0.384. The number of hydrogen-bond donors (Lipinski definition) is 1. The summed E-state index contributed by atoms with van der Waals surface area (Å²) in [6, 6.07) is 10.0. The zero-order valence-corrected chi connectivity index (χ0v) is 16.3. The summed E-state index contributed by atoms with van der Waals surface area (Å²) >= 11 is 1.15. The van der Waals surface area contributed by atoms with E-state index in [1.807, 2.05) is 0 Å². The van der Waals surface area contributed by atoms with E-state index in [2.05, 4.69) is 5.32 Å². The molecule has 0 aliphatic carbocycles. The summed E-state index contributed by atoms with van der Waals surface area (Å²) < 4.78 is 18.7. The number of thioether (sulfide) groups is 1. The third-order valence-corrected chi connectivity index (χ3v) is 4.88. The molecule has 0 aliphatic rings. The number of nitrogens with one attached hydrogen (secondary N) is 1. The maximum Gasteiger partial charge on any atom is 0.319 e. The molecule has 0 unspecified atom stereocenters. The van der Waals surface area contributed by atoms with E-state index < -0.39 is 34.0 Å². The molecule has 0 spiro atoms. The van der Waals surface area contributed by atoms with Crippen LogP contribution in [0.3, 0.4) is 0 Å². The number of nitro benzene ring substituents is 1. The summed E-state index contributed by atoms with van der Waals surface area (Å²) in [5.41, 5.74) is 0.677. The van der Waals surface area contributed by atoms with Crippen LogP contribution in [0.15, 0.2) is 47.4 Å². The first kappa shape index (κ1) is 21.4. The van der Waals surface area contributed by atoms with E-state index in [0.717, 1.165) is 11.8 Å². The molecule has 0 aromatic heterocycles. The van der Waals surface area contributed by atoms with Gasteiger partial charge in [-0.05, 0) is 50.6 Å². The predicted molar refractivity (Wildman–Crippen MR) is 104 cm³/mol. The largest absolute Gasteiger partial charge is 0.452 e. The number of aryl methyl sites for hydroxylation is 1. The van der Waals surface area contributed by atoms with Crippen molar-refractivity contribution in [1.29, 1.82) is 0 Å². The molecule has 0 heterocycles. The Morgan fingerprint density at radius 1 is 1.18 bits per heavy atom. The van der Waals surface area contributed by atoms with Crippen LogP contribution in [-0.4, -0.2) is 28.2 Å². The van der Waals surface area contributed by atoms with Crippen molar-refractivity contribution in [3.63, 3.8) is 0 Å². The molecule has 1 amide bonds. The number of ether oxygens (including phenoxy) is 1. The van der Waals surface area contributed by atoms with E-state index in [4.69, 9.17) is 4.74 Å². The van der Waals surface area contributed by atoms with Gasteiger partial charge in [-0.15, -0.1) is 11.8 Å². The van der Waals surface area contributed by atoms with Crippen molar-refractivity contribution in [3.8, 4) is 0 Å². The average Bonchev–Trinajstić information content (AvgIpc) is 2.65. The minimum Gasteiger partial charge on any atom is -0.452 e. The van der Waals surface area contributed by atoms with Crippen molar-refractivity contribution in [2.24, 2.45) is 0 Å². The minimum absolute atomic E-state index is 0.0441. The van der Waals surface area contributed by atoms with Gasteiger partial charge in [0.1, 0.15) is 11.1 Å². The summed E-state index contributed by atoms with van der Waals surface area (Å²) in [4.78, 5) is 35.1. The second-order valence-corrected chi connectivity index (χ2v) is 7.46. The molecular formula is C19H19FN2O5S. The number of carbonyl (C=O) groups excluding carboxylic acids is 2. The molecule has 0 bridgehead atoms. The Hall–Kier alpha value is -2.94. The molecule has 0 aliphatic heterocycles. The third kappa shape index (κ3) is 5.78. The van der Waals surface area contributed by atoms with E-state index in [-0.39, 0.29) is 11.4 Å². The molecule has 28 heavy (non-hydrogen) atoms. The van der Waals surface area contributed by atoms with Crippen molar-refractivity contribution in [2.45, 2.75) is 37.0 Å². The van der Waals surface area contributed by atoms with Crippen LogP contribution in [0, 0.1) is 22.9 Å². The summed E-state index contributed by atoms with van der Waals surface area (Å²) in [5.74, 6) is -1.64. The molecule has 0 saturated carbocycles. The summed E-state index contributed by atoms with van der Waals surface area (Å²) in [5, 5.41) is 12.5. The van der Waals surface area contributed by atoms with Crippen LogP contribution in [0.4, 0.5) is 15.8 Å². The minimum atomic E-state index is -1.07. The van der Waals surface area contributed by atoms with E-state index in [9.17, 15) is 24.1 Å². The number of amides is 1. The number of non-ortho nitro benzene ring substituents is 1. The van der Waals surface area contributed by atoms with E-state index >= 15 is 0 Å². The Kier molecular flexibility index (Phi) is 7.11. The van der Waals surface area contributed by atoms with Crippen LogP contribution < -0.4 is 5.32 Å². The molecule has 2 aromatic carbocycles. The van der Waals surface area contributed by atoms with E-state index in [1.54, 1.807) is 19.9 Å². The van der Waals surface area contributed by atoms with Gasteiger partial charge in [0.2, 0.25) is 0 Å². The second kappa shape index (κ2) is 9.32. The SMILES string of the molecule is Cc1ccc(NC(=O)[C@H](C)OC(=O)[C@@H](C)Sc2ccc([N+](=O)[O-])cc2)cc1F. The number of carbonyl (C=O) groups is 2. The average molecular weight is 406 g/mol. The van der Waals surface area contributed by atoms with Gasteiger partial charge >= 0.3 is 5.97 Å². The van der Waals surface area contributed by atoms with Gasteiger partial charge in [0.05, 0.1) is 4.92 Å². The standard InChI is InChI=1S/C19H19FN2O5S/c1-11-4-5-14(10-17(11)20)21-18(23)12(2)27-19(24)13(3)28-16-8-6-15(7-9-16)22(25)26/h4-10,12-13H,1-3H3,(H,21,23)/t12-,13+/m0/s1. The molecule has 2 rings (SSSR count). The number of rotatable bonds is 7. The van der Waals surface area contributed by atoms with Gasteiger partial charge in [0.25, 0.3) is 11.6 Å². The van der Waals surface area contributed by atoms with Gasteiger partial charge in [-0.1, -0.05) is 6.07 Å². The maximum atomic E-state index is 13.5. The fourth-order valence-electron chi connectivity index (χ4n) is 2.14. The van der Waals surface area contributed by atoms with Gasteiger partial charge in [0.15, 0.2) is 6.10 Å². The van der Waals surface area contributed by atoms with Crippen LogP contribution in [0.2, 0.25) is 0 Å². The summed E-state index contributed by atoms with van der Waals surface area (Å²) in [7, 11) is 0. The molecule has 0 fully saturated rings. The fraction of sp³-hybridized carbons (Fsp3) is 0.263. The summed E-state index contributed by atoms with van der Waals surface area (Å²) in [6.45, 7) is 4.63. The van der Waals surface area contributed by atoms with Crippen LogP contribution in [-0.2, 0) is 14.3 Å². The van der Waals surface area contributed by atoms with Crippen LogP contribution in [0.1, 0.15) is 19.4 Å². The zero-order chi connectivity index (χ0) is 20.8. The Bertz CT molecular complexity index is 888. The Balaban J connectivity index is 1.90. The van der Waals surface area contributed by atoms with Crippen molar-refractivity contribution in [3.05, 3.63) is 64.0 Å². The number of nitrogens with zero attached hydrogens (tertiary/aromatic N) is 1. The molecule has 9 heteroatoms. The summed E-state index contributed by atoms with van der Waals surface area (Å²) in [6.07, 6.45) is -1.07. The molecular weight excluding hydrogens is 387 g/mol. The first-order valence-electron chi connectivity index (χ1n) is 8.36. The molecule has 1 N–H and O–H groups in total. The highest BCUT2D eigenvalue weighted by Crippen LogP contribution is 2.26. The fourth-order valence-corrected chi connectivity index (χ4v) is 2.99. The maximum absolute atomic E-state index is 13.5. The number of esters is 1. The molecule has 0 saturated heterocycles. The first-order valence-corrected chi connectivity index (χ1v) is 9.24. The van der Waals surface area contributed by atoms with Gasteiger partial charge in [-0.3, -0.25) is 19.7 Å². The molecule has 7 nitrogen and oxygen atoms in total. The Morgan fingerprint density at radius 2 is 1.82 bits per heavy atom. The number of benzene rings is 2. The highest BCUT2D eigenvalue weighted by molar-refractivity contribution is 8.00. The number of halogens is 1. The molecule has 2 aromatic rings. The lowest BCUT2D eigenvalue weighted by atomic mass is 10.2. The van der Waals surface area contributed by atoms with Gasteiger partial charge in [-0.25, -0.2) is 4.39 Å². The van der Waals surface area contributed by atoms with Crippen molar-refractivity contribution >= 4 is 35.0 Å². The van der Waals surface area contributed by atoms with Gasteiger partial charge in [0, 0.05) is 22.7 Å². The lowest BCUT2D eigenvalue weighted by Crippen LogP contribution is -2.32. The number of anilines is 1. The Labute approximate surface area is 165 Å². The van der Waals surface area contributed by atoms with Gasteiger partial charge in [-0.2, -0.15) is 0 Å². The highest BCUT2D eigenvalue weighted by Gasteiger charge is 2.23. The van der Waals surface area contributed by atoms with Crippen LogP contribution in [0.5, 0.6) is 0 Å². The number of nitro groups is 1. The monoisotopic (exact) mass is 406 g/mol. The van der Waals surface area contributed by atoms with Crippen molar-refractivity contribution < 1.29 is 23.6 Å². The van der Waals surface area contributed by atoms with E-state index in [0.29, 0.717) is 10.5 Å². The normalized spacial score (nSPS) is 12.7. The molecule has 148 valence electrons. The predicted octanol–water partition coefficient (Wildman–Crippen LogP) is 4.09. The van der Waals surface area contributed by atoms with Crippen LogP contribution >= 0.6 is 11.8 Å². The topological polar surface area (TPSA) is 98.5 Å². The Morgan fingerprint density at radius 3 is 2.39 bits per heavy atom. The smallest absolute Gasteiger partial charge is 0.319 e.